The molecule has 3 rings (SSSR count). The summed E-state index contributed by atoms with van der Waals surface area (Å²) in [4.78, 5) is 6.84. The first-order valence-electron chi connectivity index (χ1n) is 8.93. The van der Waals surface area contributed by atoms with E-state index in [9.17, 15) is 0 Å². The highest BCUT2D eigenvalue weighted by Crippen LogP contribution is 2.38. The Morgan fingerprint density at radius 2 is 2.04 bits per heavy atom. The lowest BCUT2D eigenvalue weighted by molar-refractivity contribution is 0.134. The molecule has 0 bridgehead atoms. The van der Waals surface area contributed by atoms with Gasteiger partial charge in [0.15, 0.2) is 5.96 Å². The predicted octanol–water partition coefficient (Wildman–Crippen LogP) is 3.03. The van der Waals surface area contributed by atoms with Crippen LogP contribution < -0.4 is 5.32 Å². The van der Waals surface area contributed by atoms with Gasteiger partial charge < -0.3 is 19.7 Å². The van der Waals surface area contributed by atoms with Gasteiger partial charge in [-0.3, -0.25) is 4.99 Å². The van der Waals surface area contributed by atoms with Crippen LogP contribution in [0.2, 0.25) is 0 Å². The molecule has 0 aromatic heterocycles. The first kappa shape index (κ1) is 20.5. The van der Waals surface area contributed by atoms with Crippen LogP contribution in [-0.2, 0) is 22.6 Å². The van der Waals surface area contributed by atoms with Gasteiger partial charge in [0.2, 0.25) is 0 Å². The molecule has 1 aromatic rings. The summed E-state index contributed by atoms with van der Waals surface area (Å²) in [6.07, 6.45) is 2.39. The minimum absolute atomic E-state index is 0. The number of ether oxygens (including phenoxy) is 2. The summed E-state index contributed by atoms with van der Waals surface area (Å²) in [6.45, 7) is 8.18. The van der Waals surface area contributed by atoms with E-state index in [0.29, 0.717) is 12.0 Å². The van der Waals surface area contributed by atoms with E-state index < -0.39 is 0 Å². The Morgan fingerprint density at radius 1 is 1.28 bits per heavy atom. The van der Waals surface area contributed by atoms with Gasteiger partial charge in [-0.2, -0.15) is 0 Å². The molecule has 6 heteroatoms. The van der Waals surface area contributed by atoms with E-state index in [-0.39, 0.29) is 24.0 Å². The molecular weight excluding hydrogens is 429 g/mol. The van der Waals surface area contributed by atoms with Crippen LogP contribution in [0.25, 0.3) is 0 Å². The summed E-state index contributed by atoms with van der Waals surface area (Å²) in [5.74, 6) is 0.997. The number of aliphatic imine (C=N–C) groups is 1. The maximum atomic E-state index is 5.62. The van der Waals surface area contributed by atoms with Crippen LogP contribution in [0.3, 0.4) is 0 Å². The second-order valence-corrected chi connectivity index (χ2v) is 6.83. The molecule has 1 spiro atoms. The number of nitrogens with zero attached hydrogens (tertiary/aromatic N) is 2. The Balaban J connectivity index is 0.00000225. The van der Waals surface area contributed by atoms with Crippen LogP contribution in [0.15, 0.2) is 29.3 Å². The molecule has 0 amide bonds. The summed E-state index contributed by atoms with van der Waals surface area (Å²) in [5, 5.41) is 3.50. The van der Waals surface area contributed by atoms with E-state index in [1.54, 1.807) is 0 Å². The summed E-state index contributed by atoms with van der Waals surface area (Å²) < 4.78 is 11.1. The zero-order valence-electron chi connectivity index (χ0n) is 15.3. The molecule has 1 unspecified atom stereocenters. The Hall–Kier alpha value is -0.860. The molecule has 2 aliphatic rings. The monoisotopic (exact) mass is 459 g/mol. The third kappa shape index (κ3) is 5.31. The van der Waals surface area contributed by atoms with Crippen molar-refractivity contribution in [3.63, 3.8) is 0 Å². The Labute approximate surface area is 168 Å². The number of halogens is 1. The van der Waals surface area contributed by atoms with Gasteiger partial charge in [-0.05, 0) is 30.9 Å². The molecule has 2 saturated heterocycles. The van der Waals surface area contributed by atoms with Gasteiger partial charge in [0.1, 0.15) is 0 Å². The van der Waals surface area contributed by atoms with Crippen LogP contribution in [0.1, 0.15) is 30.9 Å². The fraction of sp³-hybridized carbons (Fsp3) is 0.632. The summed E-state index contributed by atoms with van der Waals surface area (Å²) in [7, 11) is 1.86. The molecule has 140 valence electrons. The van der Waals surface area contributed by atoms with Crippen molar-refractivity contribution in [3.8, 4) is 0 Å². The average Bonchev–Trinajstić information content (AvgIpc) is 3.25. The van der Waals surface area contributed by atoms with Crippen LogP contribution >= 0.6 is 24.0 Å². The number of guanidine groups is 1. The third-order valence-electron chi connectivity index (χ3n) is 5.08. The van der Waals surface area contributed by atoms with Crippen molar-refractivity contribution in [2.24, 2.45) is 10.4 Å². The van der Waals surface area contributed by atoms with Crippen molar-refractivity contribution in [1.29, 1.82) is 0 Å². The highest BCUT2D eigenvalue weighted by atomic mass is 127. The van der Waals surface area contributed by atoms with Crippen molar-refractivity contribution in [2.75, 3.05) is 40.0 Å². The minimum Gasteiger partial charge on any atom is -0.381 e. The summed E-state index contributed by atoms with van der Waals surface area (Å²) in [6, 6.07) is 8.59. The lowest BCUT2D eigenvalue weighted by Gasteiger charge is -2.25. The van der Waals surface area contributed by atoms with Crippen molar-refractivity contribution >= 4 is 29.9 Å². The van der Waals surface area contributed by atoms with E-state index in [1.807, 2.05) is 14.0 Å². The zero-order valence-corrected chi connectivity index (χ0v) is 17.6. The molecule has 1 N–H and O–H groups in total. The van der Waals surface area contributed by atoms with Crippen LogP contribution in [0, 0.1) is 5.41 Å². The second kappa shape index (κ2) is 9.73. The number of benzene rings is 1. The third-order valence-corrected chi connectivity index (χ3v) is 5.08. The molecular formula is C19H30IN3O2. The zero-order chi connectivity index (χ0) is 16.8. The van der Waals surface area contributed by atoms with Crippen molar-refractivity contribution in [1.82, 2.24) is 10.2 Å². The molecule has 5 nitrogen and oxygen atoms in total. The molecule has 1 aromatic carbocycles. The first-order valence-corrected chi connectivity index (χ1v) is 8.93. The highest BCUT2D eigenvalue weighted by molar-refractivity contribution is 14.0. The van der Waals surface area contributed by atoms with Crippen LogP contribution in [-0.4, -0.2) is 50.8 Å². The topological polar surface area (TPSA) is 46.1 Å². The second-order valence-electron chi connectivity index (χ2n) is 6.83. The Bertz CT molecular complexity index is 556. The number of likely N-dealkylation sites (tertiary alicyclic amines) is 1. The van der Waals surface area contributed by atoms with Gasteiger partial charge in [-0.15, -0.1) is 24.0 Å². The summed E-state index contributed by atoms with van der Waals surface area (Å²) in [5.41, 5.74) is 2.83. The van der Waals surface area contributed by atoms with E-state index in [0.717, 1.165) is 45.4 Å². The van der Waals surface area contributed by atoms with E-state index >= 15 is 0 Å². The van der Waals surface area contributed by atoms with Gasteiger partial charge >= 0.3 is 0 Å². The van der Waals surface area contributed by atoms with E-state index in [2.05, 4.69) is 39.5 Å². The standard InChI is InChI=1S/C19H29N3O2.HI/c1-3-23-13-17-6-4-16(5-7-17)12-21-18(20-2)22-10-8-19(14-22)9-11-24-15-19;/h4-7H,3,8-15H2,1-2H3,(H,20,21);1H. The van der Waals surface area contributed by atoms with Gasteiger partial charge in [0.25, 0.3) is 0 Å². The molecule has 0 saturated carbocycles. The highest BCUT2D eigenvalue weighted by Gasteiger charge is 2.42. The molecule has 25 heavy (non-hydrogen) atoms. The smallest absolute Gasteiger partial charge is 0.193 e. The lowest BCUT2D eigenvalue weighted by atomic mass is 9.87. The Kier molecular flexibility index (Phi) is 7.96. The van der Waals surface area contributed by atoms with Crippen LogP contribution in [0.4, 0.5) is 0 Å². The van der Waals surface area contributed by atoms with Gasteiger partial charge in [0, 0.05) is 45.3 Å². The van der Waals surface area contributed by atoms with Crippen molar-refractivity contribution in [2.45, 2.75) is 32.9 Å². The first-order chi connectivity index (χ1) is 11.7. The molecule has 2 aliphatic heterocycles. The SMILES string of the molecule is CCOCc1ccc(CNC(=NC)N2CCC3(CCOC3)C2)cc1.I. The van der Waals surface area contributed by atoms with E-state index in [4.69, 9.17) is 9.47 Å². The van der Waals surface area contributed by atoms with Gasteiger partial charge in [0.05, 0.1) is 13.2 Å². The molecule has 2 fully saturated rings. The van der Waals surface area contributed by atoms with Crippen LogP contribution in [0.5, 0.6) is 0 Å². The van der Waals surface area contributed by atoms with Gasteiger partial charge in [-0.25, -0.2) is 0 Å². The molecule has 0 radical (unpaired) electrons. The van der Waals surface area contributed by atoms with E-state index in [1.165, 1.54) is 24.0 Å². The lowest BCUT2D eigenvalue weighted by Crippen LogP contribution is -2.41. The van der Waals surface area contributed by atoms with Crippen molar-refractivity contribution in [3.05, 3.63) is 35.4 Å². The predicted molar refractivity (Wildman–Crippen MR) is 111 cm³/mol. The quantitative estimate of drug-likeness (QED) is 0.418. The fourth-order valence-corrected chi connectivity index (χ4v) is 3.57. The number of nitrogens with one attached hydrogen (secondary N) is 1. The summed E-state index contributed by atoms with van der Waals surface area (Å²) >= 11 is 0. The number of hydrogen-bond donors (Lipinski definition) is 1. The fourth-order valence-electron chi connectivity index (χ4n) is 3.57. The normalized spacial score (nSPS) is 23.1. The average molecular weight is 459 g/mol. The maximum absolute atomic E-state index is 5.62. The van der Waals surface area contributed by atoms with Gasteiger partial charge in [-0.1, -0.05) is 24.3 Å². The molecule has 0 aliphatic carbocycles. The molecule has 2 heterocycles. The minimum atomic E-state index is 0. The largest absolute Gasteiger partial charge is 0.381 e. The number of hydrogen-bond acceptors (Lipinski definition) is 3. The molecule has 1 atom stereocenters. The maximum Gasteiger partial charge on any atom is 0.193 e. The number of rotatable bonds is 5. The van der Waals surface area contributed by atoms with Crippen molar-refractivity contribution < 1.29 is 9.47 Å². The Morgan fingerprint density at radius 3 is 2.68 bits per heavy atom.